The Morgan fingerprint density at radius 3 is 2.82 bits per heavy atom. The average molecular weight is 266 g/mol. The van der Waals surface area contributed by atoms with Crippen molar-refractivity contribution in [3.8, 4) is 0 Å². The van der Waals surface area contributed by atoms with Crippen molar-refractivity contribution >= 4 is 10.0 Å². The highest BCUT2D eigenvalue weighted by molar-refractivity contribution is 7.89. The van der Waals surface area contributed by atoms with Crippen LogP contribution < -0.4 is 10.0 Å². The summed E-state index contributed by atoms with van der Waals surface area (Å²) in [5, 5.41) is 3.16. The van der Waals surface area contributed by atoms with Crippen LogP contribution in [0.3, 0.4) is 0 Å². The zero-order chi connectivity index (χ0) is 12.6. The van der Waals surface area contributed by atoms with E-state index >= 15 is 0 Å². The van der Waals surface area contributed by atoms with E-state index in [1.54, 1.807) is 7.11 Å². The van der Waals surface area contributed by atoms with Gasteiger partial charge in [0.15, 0.2) is 0 Å². The van der Waals surface area contributed by atoms with Gasteiger partial charge in [-0.25, -0.2) is 13.1 Å². The number of hydrogen-bond acceptors (Lipinski definition) is 5. The smallest absolute Gasteiger partial charge is 0.213 e. The number of methoxy groups -OCH3 is 1. The SMILES string of the molecule is COCCOCCNS(=O)(=O)CC1CCCN1. The summed E-state index contributed by atoms with van der Waals surface area (Å²) in [5.74, 6) is 0.158. The van der Waals surface area contributed by atoms with E-state index in [1.807, 2.05) is 0 Å². The number of sulfonamides is 1. The van der Waals surface area contributed by atoms with Crippen LogP contribution in [0.15, 0.2) is 0 Å². The van der Waals surface area contributed by atoms with Crippen molar-refractivity contribution in [1.29, 1.82) is 0 Å². The first-order valence-corrected chi connectivity index (χ1v) is 7.56. The van der Waals surface area contributed by atoms with Gasteiger partial charge in [-0.3, -0.25) is 0 Å². The van der Waals surface area contributed by atoms with Crippen LogP contribution in [0.25, 0.3) is 0 Å². The molecule has 0 aliphatic carbocycles. The molecule has 1 unspecified atom stereocenters. The summed E-state index contributed by atoms with van der Waals surface area (Å²) in [6.07, 6.45) is 1.99. The molecule has 1 rings (SSSR count). The van der Waals surface area contributed by atoms with Crippen molar-refractivity contribution < 1.29 is 17.9 Å². The first-order chi connectivity index (χ1) is 8.14. The molecule has 1 aliphatic heterocycles. The summed E-state index contributed by atoms with van der Waals surface area (Å²) in [6.45, 7) is 2.63. The molecule has 0 aromatic rings. The second-order valence-electron chi connectivity index (χ2n) is 4.07. The lowest BCUT2D eigenvalue weighted by Gasteiger charge is -2.11. The topological polar surface area (TPSA) is 76.7 Å². The third-order valence-corrected chi connectivity index (χ3v) is 4.07. The van der Waals surface area contributed by atoms with E-state index < -0.39 is 10.0 Å². The maximum absolute atomic E-state index is 11.6. The van der Waals surface area contributed by atoms with Crippen LogP contribution in [-0.2, 0) is 19.5 Å². The highest BCUT2D eigenvalue weighted by atomic mass is 32.2. The van der Waals surface area contributed by atoms with Gasteiger partial charge < -0.3 is 14.8 Å². The van der Waals surface area contributed by atoms with Crippen molar-refractivity contribution in [3.05, 3.63) is 0 Å². The molecule has 2 N–H and O–H groups in total. The molecule has 1 atom stereocenters. The average Bonchev–Trinajstić information content (AvgIpc) is 2.75. The Morgan fingerprint density at radius 2 is 2.18 bits per heavy atom. The molecular weight excluding hydrogens is 244 g/mol. The van der Waals surface area contributed by atoms with Gasteiger partial charge in [0.05, 0.1) is 25.6 Å². The summed E-state index contributed by atoms with van der Waals surface area (Å²) in [5.41, 5.74) is 0. The van der Waals surface area contributed by atoms with Gasteiger partial charge >= 0.3 is 0 Å². The lowest BCUT2D eigenvalue weighted by atomic mass is 10.3. The third kappa shape index (κ3) is 6.95. The second kappa shape index (κ2) is 7.99. The van der Waals surface area contributed by atoms with Crippen LogP contribution in [0.5, 0.6) is 0 Å². The van der Waals surface area contributed by atoms with Crippen molar-refractivity contribution in [1.82, 2.24) is 10.0 Å². The molecule has 0 aromatic carbocycles. The van der Waals surface area contributed by atoms with Gasteiger partial charge in [0.2, 0.25) is 10.0 Å². The summed E-state index contributed by atoms with van der Waals surface area (Å²) in [6, 6.07) is 0.0990. The fraction of sp³-hybridized carbons (Fsp3) is 1.00. The highest BCUT2D eigenvalue weighted by Crippen LogP contribution is 2.06. The Kier molecular flexibility index (Phi) is 6.98. The van der Waals surface area contributed by atoms with Gasteiger partial charge in [-0.2, -0.15) is 0 Å². The monoisotopic (exact) mass is 266 g/mol. The predicted molar refractivity (Wildman–Crippen MR) is 65.5 cm³/mol. The molecule has 0 bridgehead atoms. The quantitative estimate of drug-likeness (QED) is 0.541. The van der Waals surface area contributed by atoms with Crippen LogP contribution in [-0.4, -0.2) is 60.2 Å². The van der Waals surface area contributed by atoms with E-state index in [9.17, 15) is 8.42 Å². The fourth-order valence-electron chi connectivity index (χ4n) is 1.74. The van der Waals surface area contributed by atoms with Gasteiger partial charge in [-0.05, 0) is 19.4 Å². The minimum absolute atomic E-state index is 0.0990. The van der Waals surface area contributed by atoms with Crippen molar-refractivity contribution in [3.63, 3.8) is 0 Å². The maximum atomic E-state index is 11.6. The minimum atomic E-state index is -3.18. The summed E-state index contributed by atoms with van der Waals surface area (Å²) >= 11 is 0. The van der Waals surface area contributed by atoms with Crippen LogP contribution in [0.2, 0.25) is 0 Å². The van der Waals surface area contributed by atoms with Crippen molar-refractivity contribution in [2.75, 3.05) is 45.8 Å². The normalized spacial score (nSPS) is 20.9. The maximum Gasteiger partial charge on any atom is 0.213 e. The predicted octanol–water partition coefficient (Wildman–Crippen LogP) is -0.679. The molecule has 0 radical (unpaired) electrons. The fourth-order valence-corrected chi connectivity index (χ4v) is 3.06. The summed E-state index contributed by atoms with van der Waals surface area (Å²) in [7, 11) is -1.58. The number of rotatable bonds is 9. The first-order valence-electron chi connectivity index (χ1n) is 5.91. The van der Waals surface area contributed by atoms with Crippen LogP contribution in [0.4, 0.5) is 0 Å². The molecule has 0 amide bonds. The van der Waals surface area contributed by atoms with E-state index in [-0.39, 0.29) is 11.8 Å². The molecule has 1 heterocycles. The number of ether oxygens (including phenoxy) is 2. The molecule has 0 saturated carbocycles. The zero-order valence-corrected chi connectivity index (χ0v) is 11.1. The van der Waals surface area contributed by atoms with E-state index in [4.69, 9.17) is 9.47 Å². The summed E-state index contributed by atoms with van der Waals surface area (Å²) in [4.78, 5) is 0. The molecule has 0 spiro atoms. The third-order valence-electron chi connectivity index (χ3n) is 2.58. The Morgan fingerprint density at radius 1 is 1.35 bits per heavy atom. The van der Waals surface area contributed by atoms with Crippen LogP contribution in [0.1, 0.15) is 12.8 Å². The van der Waals surface area contributed by atoms with Crippen molar-refractivity contribution in [2.45, 2.75) is 18.9 Å². The lowest BCUT2D eigenvalue weighted by molar-refractivity contribution is 0.0736. The van der Waals surface area contributed by atoms with Crippen LogP contribution >= 0.6 is 0 Å². The van der Waals surface area contributed by atoms with E-state index in [1.165, 1.54) is 0 Å². The molecule has 7 heteroatoms. The lowest BCUT2D eigenvalue weighted by Crippen LogP contribution is -2.37. The Balaban J connectivity index is 2.07. The molecule has 1 fully saturated rings. The van der Waals surface area contributed by atoms with Gasteiger partial charge in [-0.1, -0.05) is 0 Å². The molecule has 1 saturated heterocycles. The molecule has 17 heavy (non-hydrogen) atoms. The standard InChI is InChI=1S/C10H22N2O4S/c1-15-7-8-16-6-5-12-17(13,14)9-10-3-2-4-11-10/h10-12H,2-9H2,1H3. The van der Waals surface area contributed by atoms with Crippen molar-refractivity contribution in [2.24, 2.45) is 0 Å². The van der Waals surface area contributed by atoms with Crippen LogP contribution in [0, 0.1) is 0 Å². The van der Waals surface area contributed by atoms with E-state index in [2.05, 4.69) is 10.0 Å². The second-order valence-corrected chi connectivity index (χ2v) is 5.93. The van der Waals surface area contributed by atoms with E-state index in [0.717, 1.165) is 19.4 Å². The zero-order valence-electron chi connectivity index (χ0n) is 10.3. The van der Waals surface area contributed by atoms with Gasteiger partial charge in [0, 0.05) is 19.7 Å². The van der Waals surface area contributed by atoms with Gasteiger partial charge in [0.1, 0.15) is 0 Å². The number of nitrogens with one attached hydrogen (secondary N) is 2. The molecule has 6 nitrogen and oxygen atoms in total. The minimum Gasteiger partial charge on any atom is -0.382 e. The Hall–Kier alpha value is -0.210. The number of hydrogen-bond donors (Lipinski definition) is 2. The largest absolute Gasteiger partial charge is 0.382 e. The molecule has 102 valence electrons. The molecular formula is C10H22N2O4S. The Labute approximate surface area is 103 Å². The highest BCUT2D eigenvalue weighted by Gasteiger charge is 2.21. The Bertz CT molecular complexity index is 289. The summed E-state index contributed by atoms with van der Waals surface area (Å²) < 4.78 is 35.8. The molecule has 0 aromatic heterocycles. The molecule has 1 aliphatic rings. The van der Waals surface area contributed by atoms with E-state index in [0.29, 0.717) is 26.4 Å². The van der Waals surface area contributed by atoms with Gasteiger partial charge in [-0.15, -0.1) is 0 Å². The van der Waals surface area contributed by atoms with Gasteiger partial charge in [0.25, 0.3) is 0 Å². The first kappa shape index (κ1) is 14.8.